The molecule has 0 heterocycles. The Morgan fingerprint density at radius 1 is 1.09 bits per heavy atom. The molecule has 0 aliphatic heterocycles. The van der Waals surface area contributed by atoms with Crippen molar-refractivity contribution in [3.05, 3.63) is 69.7 Å². The van der Waals surface area contributed by atoms with Gasteiger partial charge in [-0.25, -0.2) is 4.79 Å². The summed E-state index contributed by atoms with van der Waals surface area (Å²) in [6.07, 6.45) is 0.226. The van der Waals surface area contributed by atoms with Crippen molar-refractivity contribution in [2.24, 2.45) is 0 Å². The van der Waals surface area contributed by atoms with Crippen molar-refractivity contribution in [1.82, 2.24) is 5.32 Å². The Labute approximate surface area is 140 Å². The molecule has 2 N–H and O–H groups in total. The van der Waals surface area contributed by atoms with Crippen LogP contribution in [0.25, 0.3) is 0 Å². The van der Waals surface area contributed by atoms with Gasteiger partial charge < -0.3 is 10.4 Å². The minimum Gasteiger partial charge on any atom is -0.480 e. The number of hydrogen-bond acceptors (Lipinski definition) is 2. The highest BCUT2D eigenvalue weighted by Gasteiger charge is 2.23. The molecule has 0 fully saturated rings. The first-order chi connectivity index (χ1) is 10.9. The molecular weight excluding hydrogens is 314 g/mol. The van der Waals surface area contributed by atoms with Gasteiger partial charge in [-0.05, 0) is 42.7 Å². The van der Waals surface area contributed by atoms with Crippen LogP contribution >= 0.6 is 11.6 Å². The summed E-state index contributed by atoms with van der Waals surface area (Å²) in [5, 5.41) is 12.3. The number of aryl methyl sites for hydroxylation is 2. The van der Waals surface area contributed by atoms with Gasteiger partial charge in [0.05, 0.1) is 10.6 Å². The standard InChI is InChI=1S/C18H18ClNO3/c1-11-6-5-7-12(2)14(11)10-16(18(22)23)20-17(21)13-8-3-4-9-15(13)19/h3-9,16H,10H2,1-2H3,(H,20,21)(H,22,23)/t16-/m0/s1. The van der Waals surface area contributed by atoms with Gasteiger partial charge in [0.1, 0.15) is 6.04 Å². The summed E-state index contributed by atoms with van der Waals surface area (Å²) in [6.45, 7) is 3.86. The number of carbonyl (C=O) groups is 2. The van der Waals surface area contributed by atoms with E-state index in [4.69, 9.17) is 11.6 Å². The molecule has 1 amide bonds. The molecule has 4 nitrogen and oxygen atoms in total. The van der Waals surface area contributed by atoms with E-state index in [1.54, 1.807) is 24.3 Å². The number of hydrogen-bond donors (Lipinski definition) is 2. The molecule has 0 saturated heterocycles. The zero-order chi connectivity index (χ0) is 17.0. The summed E-state index contributed by atoms with van der Waals surface area (Å²) in [6, 6.07) is 11.3. The molecule has 0 bridgehead atoms. The first kappa shape index (κ1) is 17.0. The van der Waals surface area contributed by atoms with Crippen molar-refractivity contribution in [2.45, 2.75) is 26.3 Å². The lowest BCUT2D eigenvalue weighted by Gasteiger charge is -2.18. The number of amides is 1. The number of benzene rings is 2. The van der Waals surface area contributed by atoms with Crippen LogP contribution in [-0.2, 0) is 11.2 Å². The summed E-state index contributed by atoms with van der Waals surface area (Å²) in [5.41, 5.74) is 3.20. The highest BCUT2D eigenvalue weighted by atomic mass is 35.5. The maximum Gasteiger partial charge on any atom is 0.326 e. The van der Waals surface area contributed by atoms with Crippen LogP contribution in [0.15, 0.2) is 42.5 Å². The normalized spacial score (nSPS) is 11.8. The number of carbonyl (C=O) groups excluding carboxylic acids is 1. The summed E-state index contributed by atoms with van der Waals surface area (Å²) >= 11 is 5.98. The Kier molecular flexibility index (Phi) is 5.40. The number of nitrogens with one attached hydrogen (secondary N) is 1. The van der Waals surface area contributed by atoms with Crippen molar-refractivity contribution in [2.75, 3.05) is 0 Å². The van der Waals surface area contributed by atoms with Crippen molar-refractivity contribution < 1.29 is 14.7 Å². The second kappa shape index (κ2) is 7.29. The molecule has 23 heavy (non-hydrogen) atoms. The Bertz CT molecular complexity index is 723. The SMILES string of the molecule is Cc1cccc(C)c1C[C@H](NC(=O)c1ccccc1Cl)C(=O)O. The number of carboxylic acids is 1. The third kappa shape index (κ3) is 4.11. The number of rotatable bonds is 5. The van der Waals surface area contributed by atoms with E-state index in [2.05, 4.69) is 5.32 Å². The molecule has 1 atom stereocenters. The van der Waals surface area contributed by atoms with Gasteiger partial charge in [0.25, 0.3) is 5.91 Å². The molecule has 2 aromatic carbocycles. The van der Waals surface area contributed by atoms with Crippen LogP contribution in [0.4, 0.5) is 0 Å². The van der Waals surface area contributed by atoms with E-state index >= 15 is 0 Å². The molecular formula is C18H18ClNO3. The van der Waals surface area contributed by atoms with Gasteiger partial charge in [0, 0.05) is 6.42 Å². The maximum absolute atomic E-state index is 12.3. The van der Waals surface area contributed by atoms with Crippen molar-refractivity contribution in [3.63, 3.8) is 0 Å². The fourth-order valence-corrected chi connectivity index (χ4v) is 2.68. The largest absolute Gasteiger partial charge is 0.480 e. The van der Waals surface area contributed by atoms with E-state index in [1.807, 2.05) is 32.0 Å². The van der Waals surface area contributed by atoms with Crippen LogP contribution < -0.4 is 5.32 Å². The lowest BCUT2D eigenvalue weighted by molar-refractivity contribution is -0.139. The molecule has 5 heteroatoms. The van der Waals surface area contributed by atoms with Crippen LogP contribution in [0, 0.1) is 13.8 Å². The van der Waals surface area contributed by atoms with E-state index < -0.39 is 17.9 Å². The van der Waals surface area contributed by atoms with E-state index in [1.165, 1.54) is 0 Å². The number of halogens is 1. The van der Waals surface area contributed by atoms with Crippen LogP contribution in [-0.4, -0.2) is 23.0 Å². The first-order valence-electron chi connectivity index (χ1n) is 7.23. The fraction of sp³-hybridized carbons (Fsp3) is 0.222. The van der Waals surface area contributed by atoms with Gasteiger partial charge in [-0.3, -0.25) is 4.79 Å². The molecule has 0 aromatic heterocycles. The average Bonchev–Trinajstić information content (AvgIpc) is 2.50. The van der Waals surface area contributed by atoms with Gasteiger partial charge in [-0.15, -0.1) is 0 Å². The molecule has 120 valence electrons. The minimum atomic E-state index is -1.08. The van der Waals surface area contributed by atoms with Gasteiger partial charge >= 0.3 is 5.97 Å². The van der Waals surface area contributed by atoms with Gasteiger partial charge in [-0.1, -0.05) is 41.9 Å². The highest BCUT2D eigenvalue weighted by molar-refractivity contribution is 6.33. The van der Waals surface area contributed by atoms with Gasteiger partial charge in [0.2, 0.25) is 0 Å². The Balaban J connectivity index is 2.22. The van der Waals surface area contributed by atoms with Crippen molar-refractivity contribution >= 4 is 23.5 Å². The average molecular weight is 332 g/mol. The first-order valence-corrected chi connectivity index (χ1v) is 7.61. The predicted molar refractivity (Wildman–Crippen MR) is 90.0 cm³/mol. The summed E-state index contributed by atoms with van der Waals surface area (Å²) < 4.78 is 0. The van der Waals surface area contributed by atoms with Crippen LogP contribution in [0.2, 0.25) is 5.02 Å². The zero-order valence-electron chi connectivity index (χ0n) is 13.0. The Morgan fingerprint density at radius 3 is 2.26 bits per heavy atom. The predicted octanol–water partition coefficient (Wildman–Crippen LogP) is 3.38. The van der Waals surface area contributed by atoms with E-state index in [0.717, 1.165) is 16.7 Å². The smallest absolute Gasteiger partial charge is 0.326 e. The van der Waals surface area contributed by atoms with E-state index in [0.29, 0.717) is 5.02 Å². The topological polar surface area (TPSA) is 66.4 Å². The van der Waals surface area contributed by atoms with Crippen LogP contribution in [0.1, 0.15) is 27.0 Å². The van der Waals surface area contributed by atoms with Crippen LogP contribution in [0.5, 0.6) is 0 Å². The molecule has 0 unspecified atom stereocenters. The number of aliphatic carboxylic acids is 1. The number of carboxylic acid groups (broad SMARTS) is 1. The van der Waals surface area contributed by atoms with Crippen LogP contribution in [0.3, 0.4) is 0 Å². The highest BCUT2D eigenvalue weighted by Crippen LogP contribution is 2.17. The second-order valence-corrected chi connectivity index (χ2v) is 5.83. The Morgan fingerprint density at radius 2 is 1.70 bits per heavy atom. The molecule has 0 aliphatic carbocycles. The quantitative estimate of drug-likeness (QED) is 0.882. The maximum atomic E-state index is 12.3. The molecule has 2 aromatic rings. The van der Waals surface area contributed by atoms with Crippen molar-refractivity contribution in [3.8, 4) is 0 Å². The molecule has 2 rings (SSSR count). The monoisotopic (exact) mass is 331 g/mol. The summed E-state index contributed by atoms with van der Waals surface area (Å²) in [7, 11) is 0. The van der Waals surface area contributed by atoms with Gasteiger partial charge in [-0.2, -0.15) is 0 Å². The third-order valence-electron chi connectivity index (χ3n) is 3.77. The third-order valence-corrected chi connectivity index (χ3v) is 4.10. The molecule has 0 radical (unpaired) electrons. The van der Waals surface area contributed by atoms with Gasteiger partial charge in [0.15, 0.2) is 0 Å². The summed E-state index contributed by atoms with van der Waals surface area (Å²) in [5.74, 6) is -1.57. The lowest BCUT2D eigenvalue weighted by atomic mass is 9.96. The molecule has 0 aliphatic rings. The minimum absolute atomic E-state index is 0.226. The lowest BCUT2D eigenvalue weighted by Crippen LogP contribution is -2.42. The van der Waals surface area contributed by atoms with Crippen molar-refractivity contribution in [1.29, 1.82) is 0 Å². The fourth-order valence-electron chi connectivity index (χ4n) is 2.46. The zero-order valence-corrected chi connectivity index (χ0v) is 13.7. The van der Waals surface area contributed by atoms with E-state index in [9.17, 15) is 14.7 Å². The second-order valence-electron chi connectivity index (χ2n) is 5.42. The molecule has 0 saturated carbocycles. The Hall–Kier alpha value is -2.33. The summed E-state index contributed by atoms with van der Waals surface area (Å²) in [4.78, 5) is 23.8. The van der Waals surface area contributed by atoms with E-state index in [-0.39, 0.29) is 12.0 Å². The molecule has 0 spiro atoms.